The van der Waals surface area contributed by atoms with E-state index in [0.717, 1.165) is 38.8 Å². The standard InChI is InChI=1S/C24H27ClFNO3/c1-3-5-12-27(13-6-4-2)15-18-21(28)11-10-16-23(29)22(30-24(16)18)14-17-19(25)8-7-9-20(17)26/h7-11,14,28H,3-6,12-13,15H2,1-2H3/b22-14-. The number of allylic oxidation sites excluding steroid dienone is 1. The molecule has 0 saturated heterocycles. The van der Waals surface area contributed by atoms with Crippen LogP contribution in [0.15, 0.2) is 36.1 Å². The van der Waals surface area contributed by atoms with Crippen molar-refractivity contribution in [2.24, 2.45) is 0 Å². The van der Waals surface area contributed by atoms with Crippen molar-refractivity contribution in [3.05, 3.63) is 63.6 Å². The van der Waals surface area contributed by atoms with Crippen molar-refractivity contribution in [1.29, 1.82) is 0 Å². The average Bonchev–Trinajstić information content (AvgIpc) is 3.04. The van der Waals surface area contributed by atoms with Crippen LogP contribution < -0.4 is 14.7 Å². The van der Waals surface area contributed by atoms with E-state index in [1.165, 1.54) is 35.2 Å². The number of rotatable bonds is 9. The molecule has 3 rings (SSSR count). The van der Waals surface area contributed by atoms with Gasteiger partial charge in [-0.05, 0) is 37.1 Å². The maximum absolute atomic E-state index is 14.2. The second kappa shape index (κ2) is 10.1. The highest BCUT2D eigenvalue weighted by atomic mass is 35.5. The molecule has 0 unspecified atom stereocenters. The number of hydrogen-bond donors (Lipinski definition) is 1. The summed E-state index contributed by atoms with van der Waals surface area (Å²) in [4.78, 5) is 14.2. The van der Waals surface area contributed by atoms with Gasteiger partial charge in [0.25, 0.3) is 0 Å². The van der Waals surface area contributed by atoms with E-state index in [2.05, 4.69) is 13.8 Å². The summed E-state index contributed by atoms with van der Waals surface area (Å²) < 4.78 is 20.0. The predicted molar refractivity (Wildman–Crippen MR) is 114 cm³/mol. The van der Waals surface area contributed by atoms with Crippen LogP contribution >= 0.6 is 11.6 Å². The molecule has 2 aromatic rings. The van der Waals surface area contributed by atoms with E-state index >= 15 is 0 Å². The Labute approximate surface area is 181 Å². The Morgan fingerprint density at radius 3 is 2.47 bits per heavy atom. The minimum absolute atomic E-state index is 0.0208. The van der Waals surface area contributed by atoms with Gasteiger partial charge >= 0.3 is 0 Å². The fraction of sp³-hybridized carbons (Fsp3) is 0.375. The maximum atomic E-state index is 14.2. The summed E-state index contributed by atoms with van der Waals surface area (Å²) in [5.74, 6) is -0.766. The van der Waals surface area contributed by atoms with Gasteiger partial charge in [0.15, 0.2) is 5.76 Å². The lowest BCUT2D eigenvalue weighted by Gasteiger charge is -2.23. The summed E-state index contributed by atoms with van der Waals surface area (Å²) in [6.45, 7) is 6.71. The van der Waals surface area contributed by atoms with Crippen LogP contribution in [0.3, 0.4) is 0 Å². The number of halogens is 2. The number of nitrogens with one attached hydrogen (secondary N) is 1. The second-order valence-corrected chi connectivity index (χ2v) is 8.04. The van der Waals surface area contributed by atoms with Crippen LogP contribution in [0.4, 0.5) is 4.39 Å². The van der Waals surface area contributed by atoms with Gasteiger partial charge in [0.2, 0.25) is 5.78 Å². The topological polar surface area (TPSA) is 53.8 Å². The lowest BCUT2D eigenvalue weighted by atomic mass is 10.0. The second-order valence-electron chi connectivity index (χ2n) is 7.63. The Morgan fingerprint density at radius 1 is 1.13 bits per heavy atom. The van der Waals surface area contributed by atoms with E-state index in [1.54, 1.807) is 6.07 Å². The van der Waals surface area contributed by atoms with Crippen molar-refractivity contribution in [3.63, 3.8) is 0 Å². The fourth-order valence-electron chi connectivity index (χ4n) is 3.64. The first kappa shape index (κ1) is 22.3. The highest BCUT2D eigenvalue weighted by molar-refractivity contribution is 6.32. The molecule has 160 valence electrons. The number of ketones is 1. The van der Waals surface area contributed by atoms with Crippen LogP contribution in [0.5, 0.6) is 11.5 Å². The zero-order chi connectivity index (χ0) is 21.7. The third kappa shape index (κ3) is 4.85. The van der Waals surface area contributed by atoms with E-state index in [0.29, 0.717) is 23.4 Å². The Bertz CT molecular complexity index is 929. The number of hydrogen-bond acceptors (Lipinski definition) is 3. The number of fused-ring (bicyclic) bond motifs is 1. The molecule has 0 spiro atoms. The number of unbranched alkanes of at least 4 members (excludes halogenated alkanes) is 2. The molecule has 0 amide bonds. The van der Waals surface area contributed by atoms with Crippen molar-refractivity contribution >= 4 is 23.5 Å². The lowest BCUT2D eigenvalue weighted by Crippen LogP contribution is -3.10. The molecule has 2 aromatic carbocycles. The zero-order valence-corrected chi connectivity index (χ0v) is 18.2. The maximum Gasteiger partial charge on any atom is 0.231 e. The highest BCUT2D eigenvalue weighted by Crippen LogP contribution is 2.38. The van der Waals surface area contributed by atoms with Crippen molar-refractivity contribution in [3.8, 4) is 11.5 Å². The lowest BCUT2D eigenvalue weighted by molar-refractivity contribution is -0.914. The molecule has 30 heavy (non-hydrogen) atoms. The average molecular weight is 432 g/mol. The molecular formula is C24H27ClFNO3. The van der Waals surface area contributed by atoms with Crippen LogP contribution in [-0.2, 0) is 6.54 Å². The summed E-state index contributed by atoms with van der Waals surface area (Å²) in [7, 11) is 0. The molecule has 0 saturated carbocycles. The molecule has 0 radical (unpaired) electrons. The van der Waals surface area contributed by atoms with Crippen molar-refractivity contribution in [1.82, 2.24) is 0 Å². The number of ether oxygens (including phenoxy) is 1. The Kier molecular flexibility index (Phi) is 7.51. The first-order valence-electron chi connectivity index (χ1n) is 10.5. The van der Waals surface area contributed by atoms with E-state index in [4.69, 9.17) is 16.3 Å². The fourth-order valence-corrected chi connectivity index (χ4v) is 3.86. The molecule has 4 nitrogen and oxygen atoms in total. The number of carbonyl (C=O) groups excluding carboxylic acids is 1. The number of quaternary nitrogens is 1. The van der Waals surface area contributed by atoms with Crippen LogP contribution in [0.2, 0.25) is 5.02 Å². The predicted octanol–water partition coefficient (Wildman–Crippen LogP) is 4.15. The summed E-state index contributed by atoms with van der Waals surface area (Å²) in [5, 5.41) is 12.8. The molecule has 0 atom stereocenters. The summed E-state index contributed by atoms with van der Waals surface area (Å²) in [6.07, 6.45) is 5.61. The first-order valence-corrected chi connectivity index (χ1v) is 10.9. The minimum Gasteiger partial charge on any atom is -0.872 e. The van der Waals surface area contributed by atoms with Gasteiger partial charge < -0.3 is 14.7 Å². The van der Waals surface area contributed by atoms with Crippen LogP contribution in [0.25, 0.3) is 6.08 Å². The van der Waals surface area contributed by atoms with Crippen molar-refractivity contribution in [2.75, 3.05) is 13.1 Å². The first-order chi connectivity index (χ1) is 14.5. The molecule has 6 heteroatoms. The monoisotopic (exact) mass is 431 g/mol. The molecule has 1 aliphatic heterocycles. The van der Waals surface area contributed by atoms with Gasteiger partial charge in [0, 0.05) is 11.1 Å². The zero-order valence-electron chi connectivity index (χ0n) is 17.4. The van der Waals surface area contributed by atoms with Gasteiger partial charge in [-0.1, -0.05) is 56.2 Å². The van der Waals surface area contributed by atoms with E-state index in [9.17, 15) is 14.3 Å². The molecule has 1 heterocycles. The number of carbonyl (C=O) groups is 1. The van der Waals surface area contributed by atoms with Crippen molar-refractivity contribution < 1.29 is 23.9 Å². The molecular weight excluding hydrogens is 405 g/mol. The molecule has 0 aromatic heterocycles. The van der Waals surface area contributed by atoms with Gasteiger partial charge in [-0.3, -0.25) is 4.79 Å². The van der Waals surface area contributed by atoms with E-state index in [1.807, 2.05) is 0 Å². The van der Waals surface area contributed by atoms with E-state index < -0.39 is 5.82 Å². The van der Waals surface area contributed by atoms with Crippen LogP contribution in [0, 0.1) is 5.82 Å². The highest BCUT2D eigenvalue weighted by Gasteiger charge is 2.31. The minimum atomic E-state index is -0.540. The Balaban J connectivity index is 1.93. The summed E-state index contributed by atoms with van der Waals surface area (Å²) >= 11 is 6.08. The van der Waals surface area contributed by atoms with Gasteiger partial charge in [-0.25, -0.2) is 4.39 Å². The van der Waals surface area contributed by atoms with Crippen LogP contribution in [-0.4, -0.2) is 18.9 Å². The van der Waals surface area contributed by atoms with Gasteiger partial charge in [-0.2, -0.15) is 0 Å². The Hall–Kier alpha value is -2.37. The number of benzene rings is 2. The van der Waals surface area contributed by atoms with Crippen LogP contribution in [0.1, 0.15) is 61.0 Å². The number of Topliss-reactive ketones (excluding diaryl/α,β-unsaturated/α-hetero) is 1. The molecule has 0 aliphatic carbocycles. The van der Waals surface area contributed by atoms with Gasteiger partial charge in [0.05, 0.1) is 23.7 Å². The molecule has 0 fully saturated rings. The largest absolute Gasteiger partial charge is 0.872 e. The molecule has 0 bridgehead atoms. The smallest absolute Gasteiger partial charge is 0.231 e. The molecule has 1 N–H and O–H groups in total. The quantitative estimate of drug-likeness (QED) is 0.607. The van der Waals surface area contributed by atoms with Gasteiger partial charge in [0.1, 0.15) is 18.1 Å². The Morgan fingerprint density at radius 2 is 1.83 bits per heavy atom. The molecule has 1 aliphatic rings. The summed E-state index contributed by atoms with van der Waals surface area (Å²) in [5.41, 5.74) is 0.942. The van der Waals surface area contributed by atoms with Gasteiger partial charge in [-0.15, -0.1) is 0 Å². The third-order valence-electron chi connectivity index (χ3n) is 5.37. The normalized spacial score (nSPS) is 14.4. The van der Waals surface area contributed by atoms with Crippen molar-refractivity contribution in [2.45, 2.75) is 46.1 Å². The SMILES string of the molecule is CCCC[NH+](CCCC)Cc1c([O-])ccc2c1O/C(=C\c1c(F)cccc1Cl)C2=O. The van der Waals surface area contributed by atoms with E-state index in [-0.39, 0.29) is 27.9 Å². The third-order valence-corrected chi connectivity index (χ3v) is 5.70. The summed E-state index contributed by atoms with van der Waals surface area (Å²) in [6, 6.07) is 7.23.